The molecule has 0 aliphatic heterocycles. The molecule has 0 aromatic heterocycles. The Morgan fingerprint density at radius 1 is 1.17 bits per heavy atom. The molecule has 0 N–H and O–H groups in total. The van der Waals surface area contributed by atoms with Gasteiger partial charge in [0.1, 0.15) is 0 Å². The van der Waals surface area contributed by atoms with Crippen LogP contribution in [0.1, 0.15) is 47.5 Å². The Bertz CT molecular complexity index is 638. The normalized spacial score (nSPS) is 20.0. The van der Waals surface area contributed by atoms with Gasteiger partial charge in [-0.25, -0.2) is 0 Å². The Balaban J connectivity index is 2.89. The van der Waals surface area contributed by atoms with E-state index in [-0.39, 0.29) is 11.2 Å². The van der Waals surface area contributed by atoms with E-state index in [1.54, 1.807) is 19.1 Å². The van der Waals surface area contributed by atoms with Crippen LogP contribution < -0.4 is 5.11 Å². The second-order valence-corrected chi connectivity index (χ2v) is 6.66. The fourth-order valence-corrected chi connectivity index (χ4v) is 2.61. The maximum Gasteiger partial charge on any atom is 0.158 e. The van der Waals surface area contributed by atoms with Crippen LogP contribution in [0.2, 0.25) is 0 Å². The third-order valence-corrected chi connectivity index (χ3v) is 4.11. The van der Waals surface area contributed by atoms with E-state index in [1.165, 1.54) is 0 Å². The van der Waals surface area contributed by atoms with Gasteiger partial charge >= 0.3 is 0 Å². The molecule has 0 saturated carbocycles. The molecule has 0 aromatic carbocycles. The first-order valence-electron chi connectivity index (χ1n) is 7.80. The fraction of sp³-hybridized carbons (Fsp3) is 0.400. The maximum absolute atomic E-state index is 11.9. The molecule has 124 valence electrons. The van der Waals surface area contributed by atoms with E-state index < -0.39 is 5.97 Å². The van der Waals surface area contributed by atoms with E-state index in [1.807, 2.05) is 32.1 Å². The molecule has 0 heterocycles. The van der Waals surface area contributed by atoms with Gasteiger partial charge in [-0.05, 0) is 55.4 Å². The van der Waals surface area contributed by atoms with Crippen LogP contribution >= 0.6 is 0 Å². The highest BCUT2D eigenvalue weighted by molar-refractivity contribution is 5.97. The molecule has 1 rings (SSSR count). The van der Waals surface area contributed by atoms with Gasteiger partial charge in [-0.2, -0.15) is 0 Å². The van der Waals surface area contributed by atoms with Crippen LogP contribution in [0.25, 0.3) is 0 Å². The number of rotatable bonds is 5. The van der Waals surface area contributed by atoms with E-state index in [2.05, 4.69) is 13.8 Å². The van der Waals surface area contributed by atoms with Gasteiger partial charge in [0.15, 0.2) is 5.78 Å². The van der Waals surface area contributed by atoms with Gasteiger partial charge in [-0.1, -0.05) is 49.8 Å². The van der Waals surface area contributed by atoms with Crippen molar-refractivity contribution >= 4 is 11.8 Å². The minimum absolute atomic E-state index is 0.0123. The average Bonchev–Trinajstić information content (AvgIpc) is 2.42. The van der Waals surface area contributed by atoms with Crippen LogP contribution in [0.3, 0.4) is 0 Å². The molecule has 1 aliphatic carbocycles. The molecular formula is C20H25O3-. The highest BCUT2D eigenvalue weighted by atomic mass is 16.4. The largest absolute Gasteiger partial charge is 0.545 e. The monoisotopic (exact) mass is 313 g/mol. The zero-order chi connectivity index (χ0) is 17.6. The molecule has 0 radical (unpaired) electrons. The van der Waals surface area contributed by atoms with E-state index >= 15 is 0 Å². The Hall–Kier alpha value is -2.16. The summed E-state index contributed by atoms with van der Waals surface area (Å²) in [6, 6.07) is 0. The van der Waals surface area contributed by atoms with Crippen molar-refractivity contribution in [2.75, 3.05) is 0 Å². The van der Waals surface area contributed by atoms with Crippen molar-refractivity contribution in [3.63, 3.8) is 0 Å². The summed E-state index contributed by atoms with van der Waals surface area (Å²) in [4.78, 5) is 22.3. The molecule has 0 aromatic rings. The van der Waals surface area contributed by atoms with E-state index in [4.69, 9.17) is 0 Å². The quantitative estimate of drug-likeness (QED) is 0.577. The van der Waals surface area contributed by atoms with Crippen molar-refractivity contribution in [3.05, 3.63) is 58.7 Å². The molecule has 0 fully saturated rings. The van der Waals surface area contributed by atoms with Gasteiger partial charge < -0.3 is 9.90 Å². The summed E-state index contributed by atoms with van der Waals surface area (Å²) in [5, 5.41) is 10.4. The molecule has 0 atom stereocenters. The van der Waals surface area contributed by atoms with Crippen molar-refractivity contribution in [1.29, 1.82) is 0 Å². The number of aliphatic carboxylic acids is 1. The molecule has 0 spiro atoms. The third-order valence-electron chi connectivity index (χ3n) is 4.11. The summed E-state index contributed by atoms with van der Waals surface area (Å²) in [6.45, 7) is 9.89. The van der Waals surface area contributed by atoms with Gasteiger partial charge in [0, 0.05) is 6.42 Å². The lowest BCUT2D eigenvalue weighted by atomic mass is 9.72. The summed E-state index contributed by atoms with van der Waals surface area (Å²) in [5.41, 5.74) is 3.61. The van der Waals surface area contributed by atoms with Crippen LogP contribution in [-0.4, -0.2) is 11.8 Å². The number of Topliss-reactive ketones (excluding diaryl/α,β-unsaturated/α-hetero) is 1. The number of carboxylic acids is 1. The van der Waals surface area contributed by atoms with E-state index in [0.717, 1.165) is 29.2 Å². The standard InChI is InChI=1S/C20H26O3/c1-14(7-6-8-15(2)13-19(22)23)9-10-17-16(3)18(21)11-12-20(17,4)5/h6-10,13H,11-12H2,1-5H3,(H,22,23)/p-1/b8-6+,10-9+,14-7-,15-13+. The fourth-order valence-electron chi connectivity index (χ4n) is 2.61. The molecule has 0 bridgehead atoms. The molecule has 0 unspecified atom stereocenters. The summed E-state index contributed by atoms with van der Waals surface area (Å²) in [6.07, 6.45) is 12.0. The number of ketones is 1. The highest BCUT2D eigenvalue weighted by Crippen LogP contribution is 2.39. The second-order valence-electron chi connectivity index (χ2n) is 6.66. The second kappa shape index (κ2) is 7.91. The third kappa shape index (κ3) is 5.85. The highest BCUT2D eigenvalue weighted by Gasteiger charge is 2.30. The molecule has 3 nitrogen and oxygen atoms in total. The van der Waals surface area contributed by atoms with Crippen LogP contribution in [0, 0.1) is 5.41 Å². The Labute approximate surface area is 138 Å². The van der Waals surface area contributed by atoms with Crippen LogP contribution in [0.5, 0.6) is 0 Å². The van der Waals surface area contributed by atoms with Crippen molar-refractivity contribution in [2.24, 2.45) is 5.41 Å². The smallest absolute Gasteiger partial charge is 0.158 e. The van der Waals surface area contributed by atoms with Gasteiger partial charge in [0.25, 0.3) is 0 Å². The summed E-state index contributed by atoms with van der Waals surface area (Å²) >= 11 is 0. The van der Waals surface area contributed by atoms with Crippen LogP contribution in [0.15, 0.2) is 58.7 Å². The number of hydrogen-bond donors (Lipinski definition) is 0. The minimum atomic E-state index is -1.20. The SMILES string of the molecule is CC1=C(/C=C/C(C)=C\C=C\C(C)=C\C(=O)[O-])C(C)(C)CCC1=O. The molecule has 3 heteroatoms. The predicted molar refractivity (Wildman–Crippen MR) is 91.5 cm³/mol. The van der Waals surface area contributed by atoms with Gasteiger partial charge in [-0.15, -0.1) is 0 Å². The van der Waals surface area contributed by atoms with Crippen molar-refractivity contribution in [3.8, 4) is 0 Å². The number of carbonyl (C=O) groups is 2. The maximum atomic E-state index is 11.9. The Morgan fingerprint density at radius 3 is 2.43 bits per heavy atom. The first kappa shape index (κ1) is 18.9. The molecule has 23 heavy (non-hydrogen) atoms. The molecule has 1 aliphatic rings. The first-order valence-corrected chi connectivity index (χ1v) is 7.80. The minimum Gasteiger partial charge on any atom is -0.545 e. The number of carbonyl (C=O) groups excluding carboxylic acids is 2. The molecule has 0 saturated heterocycles. The number of allylic oxidation sites excluding steroid dienone is 9. The van der Waals surface area contributed by atoms with E-state index in [0.29, 0.717) is 12.0 Å². The average molecular weight is 313 g/mol. The zero-order valence-electron chi connectivity index (χ0n) is 14.6. The van der Waals surface area contributed by atoms with Crippen LogP contribution in [-0.2, 0) is 9.59 Å². The van der Waals surface area contributed by atoms with Gasteiger partial charge in [0.2, 0.25) is 0 Å². The van der Waals surface area contributed by atoms with Crippen molar-refractivity contribution in [1.82, 2.24) is 0 Å². The Kier molecular flexibility index (Phi) is 6.49. The lowest BCUT2D eigenvalue weighted by molar-refractivity contribution is -0.297. The first-order chi connectivity index (χ1) is 10.6. The Morgan fingerprint density at radius 2 is 1.83 bits per heavy atom. The van der Waals surface area contributed by atoms with E-state index in [9.17, 15) is 14.7 Å². The van der Waals surface area contributed by atoms with Gasteiger partial charge in [0.05, 0.1) is 5.97 Å². The topological polar surface area (TPSA) is 57.2 Å². The summed E-state index contributed by atoms with van der Waals surface area (Å²) < 4.78 is 0. The lowest BCUT2D eigenvalue weighted by Crippen LogP contribution is -2.24. The zero-order valence-corrected chi connectivity index (χ0v) is 14.6. The van der Waals surface area contributed by atoms with Gasteiger partial charge in [-0.3, -0.25) is 4.79 Å². The number of hydrogen-bond acceptors (Lipinski definition) is 3. The van der Waals surface area contributed by atoms with Crippen molar-refractivity contribution < 1.29 is 14.7 Å². The summed E-state index contributed by atoms with van der Waals surface area (Å²) in [7, 11) is 0. The molecular weight excluding hydrogens is 288 g/mol. The predicted octanol–water partition coefficient (Wildman–Crippen LogP) is 3.45. The van der Waals surface area contributed by atoms with Crippen molar-refractivity contribution in [2.45, 2.75) is 47.5 Å². The summed E-state index contributed by atoms with van der Waals surface area (Å²) in [5.74, 6) is -0.965. The molecule has 0 amide bonds. The lowest BCUT2D eigenvalue weighted by Gasteiger charge is -2.32. The number of carboxylic acid groups (broad SMARTS) is 1. The van der Waals surface area contributed by atoms with Crippen LogP contribution in [0.4, 0.5) is 0 Å².